The second-order valence-electron chi connectivity index (χ2n) is 9.85. The van der Waals surface area contributed by atoms with E-state index in [1.807, 2.05) is 0 Å². The summed E-state index contributed by atoms with van der Waals surface area (Å²) in [6.45, 7) is 0. The largest absolute Gasteiger partial charge is 0.279 e. The average molecular weight is 396 g/mol. The molecular formula is C27H25NO2. The summed E-state index contributed by atoms with van der Waals surface area (Å²) in [7, 11) is 0. The van der Waals surface area contributed by atoms with Gasteiger partial charge in [0.25, 0.3) is 0 Å². The van der Waals surface area contributed by atoms with Gasteiger partial charge < -0.3 is 0 Å². The van der Waals surface area contributed by atoms with Crippen LogP contribution in [0.4, 0.5) is 0 Å². The number of carbonyl (C=O) groups excluding carboxylic acids is 2. The van der Waals surface area contributed by atoms with Gasteiger partial charge in [0.15, 0.2) is 0 Å². The van der Waals surface area contributed by atoms with Crippen molar-refractivity contribution >= 4 is 17.4 Å². The molecule has 3 fully saturated rings. The number of imide groups is 1. The maximum Gasteiger partial charge on any atom is 0.234 e. The van der Waals surface area contributed by atoms with E-state index in [0.29, 0.717) is 0 Å². The minimum Gasteiger partial charge on any atom is -0.279 e. The van der Waals surface area contributed by atoms with E-state index in [4.69, 9.17) is 0 Å². The van der Waals surface area contributed by atoms with Gasteiger partial charge in [0.2, 0.25) is 11.8 Å². The number of rotatable bonds is 1. The molecule has 1 spiro atoms. The summed E-state index contributed by atoms with van der Waals surface area (Å²) < 4.78 is 0. The molecule has 5 aliphatic rings. The molecule has 2 bridgehead atoms. The molecule has 1 aliphatic heterocycles. The molecule has 2 saturated carbocycles. The van der Waals surface area contributed by atoms with Gasteiger partial charge in [-0.25, -0.2) is 0 Å². The Bertz CT molecular complexity index is 1140. The van der Waals surface area contributed by atoms with Crippen molar-refractivity contribution in [2.75, 3.05) is 0 Å². The van der Waals surface area contributed by atoms with Crippen LogP contribution < -0.4 is 0 Å². The minimum atomic E-state index is -0.337. The molecule has 0 aromatic heterocycles. The van der Waals surface area contributed by atoms with Crippen LogP contribution in [0.1, 0.15) is 49.7 Å². The van der Waals surface area contributed by atoms with Crippen molar-refractivity contribution in [3.8, 4) is 11.1 Å². The predicted molar refractivity (Wildman–Crippen MR) is 115 cm³/mol. The topological polar surface area (TPSA) is 37.4 Å². The molecule has 0 radical (unpaired) electrons. The molecule has 150 valence electrons. The summed E-state index contributed by atoms with van der Waals surface area (Å²) in [5.74, 6) is 0.00628. The zero-order valence-corrected chi connectivity index (χ0v) is 17.0. The highest BCUT2D eigenvalue weighted by Crippen LogP contribution is 2.69. The quantitative estimate of drug-likeness (QED) is 0.640. The van der Waals surface area contributed by atoms with Crippen molar-refractivity contribution in [1.82, 2.24) is 4.90 Å². The fourth-order valence-corrected chi connectivity index (χ4v) is 7.60. The molecule has 30 heavy (non-hydrogen) atoms. The van der Waals surface area contributed by atoms with E-state index < -0.39 is 0 Å². The number of allylic oxidation sites excluding steroid dienone is 2. The van der Waals surface area contributed by atoms with Crippen molar-refractivity contribution < 1.29 is 9.59 Å². The van der Waals surface area contributed by atoms with Gasteiger partial charge in [-0.15, -0.1) is 0 Å². The Labute approximate surface area is 176 Å². The highest BCUT2D eigenvalue weighted by Gasteiger charge is 2.70. The van der Waals surface area contributed by atoms with Gasteiger partial charge in [-0.3, -0.25) is 14.5 Å². The van der Waals surface area contributed by atoms with E-state index in [0.717, 1.165) is 32.1 Å². The number of likely N-dealkylation sites (tertiary alicyclic amines) is 1. The summed E-state index contributed by atoms with van der Waals surface area (Å²) in [5, 5.41) is 0. The van der Waals surface area contributed by atoms with Crippen molar-refractivity contribution in [3.63, 3.8) is 0 Å². The number of fused-ring (bicyclic) bond motifs is 7. The van der Waals surface area contributed by atoms with E-state index in [-0.39, 0.29) is 41.0 Å². The van der Waals surface area contributed by atoms with Crippen LogP contribution in [0.5, 0.6) is 0 Å². The van der Waals surface area contributed by atoms with Crippen LogP contribution in [0.3, 0.4) is 0 Å². The van der Waals surface area contributed by atoms with Crippen LogP contribution >= 0.6 is 0 Å². The first-order valence-corrected chi connectivity index (χ1v) is 11.5. The molecule has 1 heterocycles. The van der Waals surface area contributed by atoms with Crippen LogP contribution in [-0.2, 0) is 15.0 Å². The molecular weight excluding hydrogens is 370 g/mol. The first-order chi connectivity index (χ1) is 14.7. The van der Waals surface area contributed by atoms with Crippen molar-refractivity contribution in [3.05, 3.63) is 65.7 Å². The average Bonchev–Trinajstić information content (AvgIpc) is 3.43. The molecule has 0 unspecified atom stereocenters. The molecule has 3 nitrogen and oxygen atoms in total. The Morgan fingerprint density at radius 3 is 2.30 bits per heavy atom. The molecule has 0 N–H and O–H groups in total. The number of carbonyl (C=O) groups is 2. The number of nitrogens with zero attached hydrogens (tertiary/aromatic N) is 1. The number of hydrogen-bond acceptors (Lipinski definition) is 2. The van der Waals surface area contributed by atoms with Gasteiger partial charge in [-0.1, -0.05) is 73.9 Å². The minimum absolute atomic E-state index is 0.110. The fraction of sp³-hybridized carbons (Fsp3) is 0.407. The van der Waals surface area contributed by atoms with Crippen LogP contribution in [0.25, 0.3) is 16.7 Å². The summed E-state index contributed by atoms with van der Waals surface area (Å²) in [4.78, 5) is 29.3. The lowest BCUT2D eigenvalue weighted by Gasteiger charge is -2.42. The van der Waals surface area contributed by atoms with E-state index in [9.17, 15) is 9.59 Å². The Balaban J connectivity index is 1.43. The molecule has 2 aromatic carbocycles. The smallest absolute Gasteiger partial charge is 0.234 e. The van der Waals surface area contributed by atoms with E-state index in [1.165, 1.54) is 34.2 Å². The van der Waals surface area contributed by atoms with Crippen molar-refractivity contribution in [1.29, 1.82) is 0 Å². The number of hydrogen-bond donors (Lipinski definition) is 0. The molecule has 4 aliphatic carbocycles. The second-order valence-corrected chi connectivity index (χ2v) is 9.85. The zero-order chi connectivity index (χ0) is 20.0. The third kappa shape index (κ3) is 1.84. The van der Waals surface area contributed by atoms with Gasteiger partial charge in [-0.05, 0) is 53.0 Å². The highest BCUT2D eigenvalue weighted by molar-refractivity contribution is 6.11. The Morgan fingerprint density at radius 1 is 0.800 bits per heavy atom. The molecule has 7 rings (SSSR count). The number of amides is 2. The summed E-state index contributed by atoms with van der Waals surface area (Å²) in [6, 6.07) is 17.3. The third-order valence-corrected chi connectivity index (χ3v) is 8.65. The summed E-state index contributed by atoms with van der Waals surface area (Å²) in [5.41, 5.74) is 5.98. The SMILES string of the molecule is O=C1[C@H]2[C@H]3C=C4c5ccccc5-c5ccccc5[C@@]4(C3)[C@H]2C(=O)N1C1CCCCC1. The van der Waals surface area contributed by atoms with Gasteiger partial charge in [0.05, 0.1) is 11.8 Å². The van der Waals surface area contributed by atoms with Gasteiger partial charge in [-0.2, -0.15) is 0 Å². The standard InChI is InChI=1S/C27H25NO2/c29-25-23-16-14-22-20-12-5-4-10-18(20)19-11-6-7-13-21(19)27(22,15-16)24(23)26(30)28(25)17-8-2-1-3-9-17/h4-7,10-14,16-17,23-24H,1-3,8-9,15H2/t16-,23-,24+,27+/m0/s1. The lowest BCUT2D eigenvalue weighted by atomic mass is 9.59. The molecule has 3 heteroatoms. The summed E-state index contributed by atoms with van der Waals surface area (Å²) in [6.07, 6.45) is 8.70. The van der Waals surface area contributed by atoms with Crippen LogP contribution in [-0.4, -0.2) is 22.8 Å². The van der Waals surface area contributed by atoms with Gasteiger partial charge in [0.1, 0.15) is 0 Å². The van der Waals surface area contributed by atoms with E-state index >= 15 is 0 Å². The Morgan fingerprint density at radius 2 is 1.50 bits per heavy atom. The lowest BCUT2D eigenvalue weighted by Crippen LogP contribution is -2.45. The van der Waals surface area contributed by atoms with Crippen LogP contribution in [0, 0.1) is 17.8 Å². The van der Waals surface area contributed by atoms with Crippen LogP contribution in [0.2, 0.25) is 0 Å². The summed E-state index contributed by atoms with van der Waals surface area (Å²) >= 11 is 0. The predicted octanol–water partition coefficient (Wildman–Crippen LogP) is 4.96. The number of benzene rings is 2. The first-order valence-electron chi connectivity index (χ1n) is 11.5. The van der Waals surface area contributed by atoms with E-state index in [2.05, 4.69) is 54.6 Å². The first kappa shape index (κ1) is 17.0. The van der Waals surface area contributed by atoms with Gasteiger partial charge in [0, 0.05) is 11.5 Å². The van der Waals surface area contributed by atoms with Crippen molar-refractivity contribution in [2.45, 2.75) is 50.0 Å². The zero-order valence-electron chi connectivity index (χ0n) is 17.0. The molecule has 2 amide bonds. The fourth-order valence-electron chi connectivity index (χ4n) is 7.60. The maximum atomic E-state index is 13.9. The van der Waals surface area contributed by atoms with Crippen molar-refractivity contribution in [2.24, 2.45) is 17.8 Å². The lowest BCUT2D eigenvalue weighted by molar-refractivity contribution is -0.144. The molecule has 2 aromatic rings. The van der Waals surface area contributed by atoms with Gasteiger partial charge >= 0.3 is 0 Å². The Kier molecular flexibility index (Phi) is 3.25. The molecule has 4 atom stereocenters. The second kappa shape index (κ2) is 5.72. The normalized spacial score (nSPS) is 33.8. The third-order valence-electron chi connectivity index (χ3n) is 8.65. The molecule has 1 saturated heterocycles. The Hall–Kier alpha value is -2.68. The highest BCUT2D eigenvalue weighted by atomic mass is 16.2. The monoisotopic (exact) mass is 395 g/mol. The van der Waals surface area contributed by atoms with Crippen LogP contribution in [0.15, 0.2) is 54.6 Å². The van der Waals surface area contributed by atoms with E-state index in [1.54, 1.807) is 4.90 Å². The maximum absolute atomic E-state index is 13.9.